The first kappa shape index (κ1) is 10.2. The molecule has 1 spiro atoms. The Morgan fingerprint density at radius 2 is 1.88 bits per heavy atom. The molecular formula is C14H20N2. The highest BCUT2D eigenvalue weighted by Gasteiger charge is 2.45. The Morgan fingerprint density at radius 1 is 1.19 bits per heavy atom. The van der Waals surface area contributed by atoms with Crippen molar-refractivity contribution in [3.8, 4) is 0 Å². The zero-order valence-corrected chi connectivity index (χ0v) is 10.2. The molecule has 0 aliphatic carbocycles. The maximum atomic E-state index is 3.49. The Labute approximate surface area is 97.6 Å². The molecule has 0 atom stereocenters. The number of hydrogen-bond donors (Lipinski definition) is 1. The molecule has 2 aliphatic heterocycles. The molecule has 2 saturated heterocycles. The Hall–Kier alpha value is -1.02. The number of hydrogen-bond acceptors (Lipinski definition) is 2. The summed E-state index contributed by atoms with van der Waals surface area (Å²) >= 11 is 0. The lowest BCUT2D eigenvalue weighted by Gasteiger charge is -2.50. The number of rotatable bonds is 1. The summed E-state index contributed by atoms with van der Waals surface area (Å²) in [4.78, 5) is 2.55. The van der Waals surface area contributed by atoms with Crippen LogP contribution in [-0.2, 0) is 0 Å². The lowest BCUT2D eigenvalue weighted by atomic mass is 9.78. The van der Waals surface area contributed by atoms with Gasteiger partial charge in [-0.2, -0.15) is 0 Å². The van der Waals surface area contributed by atoms with Gasteiger partial charge in [0, 0.05) is 30.7 Å². The predicted octanol–water partition coefficient (Wildman–Crippen LogP) is 2.10. The maximum absolute atomic E-state index is 3.49. The van der Waals surface area contributed by atoms with Crippen LogP contribution in [0.2, 0.25) is 0 Å². The lowest BCUT2D eigenvalue weighted by molar-refractivity contribution is 0.243. The maximum Gasteiger partial charge on any atom is 0.0426 e. The number of aryl methyl sites for hydroxylation is 2. The van der Waals surface area contributed by atoms with Crippen LogP contribution in [0.25, 0.3) is 0 Å². The number of anilines is 1. The Balaban J connectivity index is 1.81. The van der Waals surface area contributed by atoms with E-state index >= 15 is 0 Å². The normalized spacial score (nSPS) is 22.5. The summed E-state index contributed by atoms with van der Waals surface area (Å²) in [5.74, 6) is 0. The Morgan fingerprint density at radius 3 is 2.44 bits per heavy atom. The molecular weight excluding hydrogens is 196 g/mol. The summed E-state index contributed by atoms with van der Waals surface area (Å²) in [6.45, 7) is 9.35. The molecule has 1 aromatic carbocycles. The predicted molar refractivity (Wildman–Crippen MR) is 68.0 cm³/mol. The highest BCUT2D eigenvalue weighted by molar-refractivity contribution is 5.61. The summed E-state index contributed by atoms with van der Waals surface area (Å²) in [5, 5.41) is 3.49. The molecule has 0 saturated carbocycles. The van der Waals surface area contributed by atoms with Crippen LogP contribution in [0.3, 0.4) is 0 Å². The third kappa shape index (κ3) is 1.44. The topological polar surface area (TPSA) is 15.3 Å². The fourth-order valence-corrected chi connectivity index (χ4v) is 3.29. The van der Waals surface area contributed by atoms with E-state index in [9.17, 15) is 0 Å². The highest BCUT2D eigenvalue weighted by atomic mass is 15.2. The van der Waals surface area contributed by atoms with Gasteiger partial charge in [-0.15, -0.1) is 0 Å². The summed E-state index contributed by atoms with van der Waals surface area (Å²) in [7, 11) is 0. The highest BCUT2D eigenvalue weighted by Crippen LogP contribution is 2.41. The van der Waals surface area contributed by atoms with E-state index in [2.05, 4.69) is 42.3 Å². The van der Waals surface area contributed by atoms with Crippen LogP contribution in [0, 0.1) is 19.3 Å². The fraction of sp³-hybridized carbons (Fsp3) is 0.571. The van der Waals surface area contributed by atoms with Crippen molar-refractivity contribution in [3.05, 3.63) is 29.3 Å². The lowest BCUT2D eigenvalue weighted by Crippen LogP contribution is -2.58. The van der Waals surface area contributed by atoms with Gasteiger partial charge in [0.05, 0.1) is 0 Å². The quantitative estimate of drug-likeness (QED) is 0.773. The minimum absolute atomic E-state index is 0.592. The van der Waals surface area contributed by atoms with E-state index in [1.165, 1.54) is 49.4 Å². The molecule has 2 heterocycles. The van der Waals surface area contributed by atoms with Gasteiger partial charge >= 0.3 is 0 Å². The van der Waals surface area contributed by atoms with Crippen LogP contribution in [-0.4, -0.2) is 26.2 Å². The van der Waals surface area contributed by atoms with Gasteiger partial charge in [-0.05, 0) is 37.9 Å². The van der Waals surface area contributed by atoms with Gasteiger partial charge in [0.25, 0.3) is 0 Å². The number of nitrogens with one attached hydrogen (secondary N) is 1. The molecule has 0 amide bonds. The van der Waals surface area contributed by atoms with Crippen molar-refractivity contribution >= 4 is 5.69 Å². The van der Waals surface area contributed by atoms with E-state index in [4.69, 9.17) is 0 Å². The van der Waals surface area contributed by atoms with Gasteiger partial charge in [-0.25, -0.2) is 0 Å². The smallest absolute Gasteiger partial charge is 0.0426 e. The second-order valence-corrected chi connectivity index (χ2v) is 5.52. The molecule has 0 bridgehead atoms. The van der Waals surface area contributed by atoms with Crippen LogP contribution < -0.4 is 10.2 Å². The molecule has 0 radical (unpaired) electrons. The Bertz CT molecular complexity index is 377. The zero-order valence-electron chi connectivity index (χ0n) is 10.2. The van der Waals surface area contributed by atoms with E-state index in [0.29, 0.717) is 5.41 Å². The number of para-hydroxylation sites is 1. The molecule has 3 rings (SSSR count). The first-order chi connectivity index (χ1) is 7.70. The molecule has 0 aromatic heterocycles. The van der Waals surface area contributed by atoms with Crippen LogP contribution >= 0.6 is 0 Å². The van der Waals surface area contributed by atoms with Crippen molar-refractivity contribution < 1.29 is 0 Å². The fourth-order valence-electron chi connectivity index (χ4n) is 3.29. The second-order valence-electron chi connectivity index (χ2n) is 5.52. The van der Waals surface area contributed by atoms with E-state index in [1.54, 1.807) is 0 Å². The third-order valence-corrected chi connectivity index (χ3v) is 4.14. The average molecular weight is 216 g/mol. The summed E-state index contributed by atoms with van der Waals surface area (Å²) in [6, 6.07) is 6.60. The first-order valence-electron chi connectivity index (χ1n) is 6.22. The van der Waals surface area contributed by atoms with Gasteiger partial charge in [0.1, 0.15) is 0 Å². The van der Waals surface area contributed by atoms with Crippen molar-refractivity contribution in [1.82, 2.24) is 5.32 Å². The minimum atomic E-state index is 0.592. The molecule has 0 unspecified atom stereocenters. The molecule has 1 N–H and O–H groups in total. The number of benzene rings is 1. The second kappa shape index (κ2) is 3.49. The van der Waals surface area contributed by atoms with E-state index in [-0.39, 0.29) is 0 Å². The van der Waals surface area contributed by atoms with Crippen LogP contribution in [0.1, 0.15) is 17.5 Å². The van der Waals surface area contributed by atoms with Crippen molar-refractivity contribution in [1.29, 1.82) is 0 Å². The molecule has 2 aliphatic rings. The largest absolute Gasteiger partial charge is 0.370 e. The van der Waals surface area contributed by atoms with Gasteiger partial charge in [0.15, 0.2) is 0 Å². The minimum Gasteiger partial charge on any atom is -0.370 e. The van der Waals surface area contributed by atoms with E-state index in [1.807, 2.05) is 0 Å². The molecule has 2 fully saturated rings. The first-order valence-corrected chi connectivity index (χ1v) is 6.22. The molecule has 16 heavy (non-hydrogen) atoms. The summed E-state index contributed by atoms with van der Waals surface area (Å²) < 4.78 is 0. The van der Waals surface area contributed by atoms with Crippen molar-refractivity contribution in [2.75, 3.05) is 31.1 Å². The number of nitrogens with zero attached hydrogens (tertiary/aromatic N) is 1. The van der Waals surface area contributed by atoms with Gasteiger partial charge in [-0.1, -0.05) is 18.2 Å². The van der Waals surface area contributed by atoms with E-state index < -0.39 is 0 Å². The van der Waals surface area contributed by atoms with Gasteiger partial charge < -0.3 is 10.2 Å². The third-order valence-electron chi connectivity index (χ3n) is 4.14. The van der Waals surface area contributed by atoms with Gasteiger partial charge in [0.2, 0.25) is 0 Å². The average Bonchev–Trinajstić information content (AvgIpc) is 2.65. The SMILES string of the molecule is Cc1cccc(C)c1N1CC2(CCNC2)C1. The van der Waals surface area contributed by atoms with Crippen molar-refractivity contribution in [2.24, 2.45) is 5.41 Å². The van der Waals surface area contributed by atoms with Gasteiger partial charge in [-0.3, -0.25) is 0 Å². The standard InChI is InChI=1S/C14H20N2/c1-11-4-3-5-12(2)13(11)16-9-14(10-16)6-7-15-8-14/h3-5,15H,6-10H2,1-2H3. The van der Waals surface area contributed by atoms with Crippen molar-refractivity contribution in [2.45, 2.75) is 20.3 Å². The van der Waals surface area contributed by atoms with Crippen LogP contribution in [0.15, 0.2) is 18.2 Å². The molecule has 1 aromatic rings. The van der Waals surface area contributed by atoms with Crippen LogP contribution in [0.4, 0.5) is 5.69 Å². The van der Waals surface area contributed by atoms with Crippen LogP contribution in [0.5, 0.6) is 0 Å². The Kier molecular flexibility index (Phi) is 2.21. The zero-order chi connectivity index (χ0) is 11.2. The molecule has 2 heteroatoms. The van der Waals surface area contributed by atoms with Crippen molar-refractivity contribution in [3.63, 3.8) is 0 Å². The summed E-state index contributed by atoms with van der Waals surface area (Å²) in [5.41, 5.74) is 4.90. The summed E-state index contributed by atoms with van der Waals surface area (Å²) in [6.07, 6.45) is 1.36. The van der Waals surface area contributed by atoms with E-state index in [0.717, 1.165) is 0 Å². The monoisotopic (exact) mass is 216 g/mol. The molecule has 86 valence electrons. The molecule has 2 nitrogen and oxygen atoms in total.